The Morgan fingerprint density at radius 2 is 1.71 bits per heavy atom. The van der Waals surface area contributed by atoms with Gasteiger partial charge in [-0.15, -0.1) is 0 Å². The zero-order chi connectivity index (χ0) is 20.3. The second kappa shape index (κ2) is 8.25. The topological polar surface area (TPSA) is 86.7 Å². The van der Waals surface area contributed by atoms with Gasteiger partial charge in [-0.1, -0.05) is 23.8 Å². The predicted octanol–water partition coefficient (Wildman–Crippen LogP) is 3.49. The molecule has 28 heavy (non-hydrogen) atoms. The molecule has 0 radical (unpaired) electrons. The van der Waals surface area contributed by atoms with Gasteiger partial charge in [0.2, 0.25) is 5.91 Å². The second-order valence-electron chi connectivity index (χ2n) is 7.28. The molecule has 2 aromatic carbocycles. The van der Waals surface area contributed by atoms with Crippen molar-refractivity contribution in [3.63, 3.8) is 0 Å². The molecule has 6 nitrogen and oxygen atoms in total. The summed E-state index contributed by atoms with van der Waals surface area (Å²) in [6.07, 6.45) is 1.45. The number of benzene rings is 2. The number of hydrogen-bond acceptors (Lipinski definition) is 3. The molecule has 1 atom stereocenters. The first-order chi connectivity index (χ1) is 13.3. The molecule has 1 heterocycles. The van der Waals surface area contributed by atoms with Gasteiger partial charge < -0.3 is 15.3 Å². The summed E-state index contributed by atoms with van der Waals surface area (Å²) in [6, 6.07) is 12.1. The Bertz CT molecular complexity index is 905. The van der Waals surface area contributed by atoms with E-state index in [0.717, 1.165) is 17.5 Å². The summed E-state index contributed by atoms with van der Waals surface area (Å²) in [6.45, 7) is 4.77. The molecule has 146 valence electrons. The number of carboxylic acids is 1. The van der Waals surface area contributed by atoms with Crippen molar-refractivity contribution in [3.8, 4) is 0 Å². The highest BCUT2D eigenvalue weighted by molar-refractivity contribution is 5.97. The number of nitrogens with one attached hydrogen (secondary N) is 1. The molecular formula is C22H24N2O4. The van der Waals surface area contributed by atoms with E-state index in [0.29, 0.717) is 30.8 Å². The second-order valence-corrected chi connectivity index (χ2v) is 7.28. The van der Waals surface area contributed by atoms with Crippen LogP contribution >= 0.6 is 0 Å². The fourth-order valence-electron chi connectivity index (χ4n) is 3.38. The fourth-order valence-corrected chi connectivity index (χ4v) is 3.38. The van der Waals surface area contributed by atoms with Gasteiger partial charge in [0, 0.05) is 24.3 Å². The van der Waals surface area contributed by atoms with Crippen LogP contribution in [-0.2, 0) is 4.79 Å². The van der Waals surface area contributed by atoms with Crippen molar-refractivity contribution in [1.29, 1.82) is 0 Å². The summed E-state index contributed by atoms with van der Waals surface area (Å²) in [5.41, 5.74) is 3.12. The van der Waals surface area contributed by atoms with Crippen LogP contribution in [0.3, 0.4) is 0 Å². The molecule has 1 unspecified atom stereocenters. The van der Waals surface area contributed by atoms with Gasteiger partial charge in [-0.3, -0.25) is 9.59 Å². The third-order valence-electron chi connectivity index (χ3n) is 5.12. The van der Waals surface area contributed by atoms with Crippen molar-refractivity contribution in [2.75, 3.05) is 18.4 Å². The van der Waals surface area contributed by atoms with Gasteiger partial charge in [0.15, 0.2) is 0 Å². The molecule has 1 aliphatic heterocycles. The lowest BCUT2D eigenvalue weighted by Crippen LogP contribution is -2.43. The standard InChI is InChI=1S/C22H24N2O4/c1-14-5-8-16(9-6-14)21(26)24-11-3-4-18(13-24)20(25)23-19-12-17(22(27)28)10-7-15(19)2/h5-10,12,18H,3-4,11,13H2,1-2H3,(H,23,25)(H,27,28). The van der Waals surface area contributed by atoms with Gasteiger partial charge in [0.05, 0.1) is 11.5 Å². The number of hydrogen-bond donors (Lipinski definition) is 2. The quantitative estimate of drug-likeness (QED) is 0.850. The minimum atomic E-state index is -1.04. The van der Waals surface area contributed by atoms with E-state index < -0.39 is 5.97 Å². The maximum absolute atomic E-state index is 12.8. The van der Waals surface area contributed by atoms with E-state index in [1.54, 1.807) is 11.0 Å². The highest BCUT2D eigenvalue weighted by atomic mass is 16.4. The van der Waals surface area contributed by atoms with Crippen LogP contribution in [0.2, 0.25) is 0 Å². The molecule has 2 amide bonds. The normalized spacial score (nSPS) is 16.5. The van der Waals surface area contributed by atoms with E-state index in [1.807, 2.05) is 38.1 Å². The average molecular weight is 380 g/mol. The molecule has 3 rings (SSSR count). The maximum atomic E-state index is 12.8. The van der Waals surface area contributed by atoms with E-state index in [9.17, 15) is 14.4 Å². The fraction of sp³-hybridized carbons (Fsp3) is 0.318. The summed E-state index contributed by atoms with van der Waals surface area (Å²) in [7, 11) is 0. The van der Waals surface area contributed by atoms with Gasteiger partial charge in [0.1, 0.15) is 0 Å². The molecule has 6 heteroatoms. The van der Waals surface area contributed by atoms with Gasteiger partial charge in [-0.2, -0.15) is 0 Å². The Morgan fingerprint density at radius 1 is 1.04 bits per heavy atom. The molecule has 0 aromatic heterocycles. The van der Waals surface area contributed by atoms with Crippen molar-refractivity contribution in [2.24, 2.45) is 5.92 Å². The molecular weight excluding hydrogens is 356 g/mol. The number of nitrogens with zero attached hydrogens (tertiary/aromatic N) is 1. The first kappa shape index (κ1) is 19.6. The van der Waals surface area contributed by atoms with Crippen molar-refractivity contribution in [3.05, 3.63) is 64.7 Å². The van der Waals surface area contributed by atoms with Gasteiger partial charge in [0.25, 0.3) is 5.91 Å². The Morgan fingerprint density at radius 3 is 2.39 bits per heavy atom. The van der Waals surface area contributed by atoms with Crippen molar-refractivity contribution in [2.45, 2.75) is 26.7 Å². The molecule has 2 N–H and O–H groups in total. The van der Waals surface area contributed by atoms with Gasteiger partial charge >= 0.3 is 5.97 Å². The molecule has 0 bridgehead atoms. The number of likely N-dealkylation sites (tertiary alicyclic amines) is 1. The average Bonchev–Trinajstić information content (AvgIpc) is 2.69. The maximum Gasteiger partial charge on any atom is 0.335 e. The number of amides is 2. The number of aromatic carboxylic acids is 1. The minimum Gasteiger partial charge on any atom is -0.478 e. The summed E-state index contributed by atoms with van der Waals surface area (Å²) in [5.74, 6) is -1.62. The molecule has 2 aromatic rings. The smallest absolute Gasteiger partial charge is 0.335 e. The number of piperidine rings is 1. The Kier molecular flexibility index (Phi) is 5.78. The first-order valence-electron chi connectivity index (χ1n) is 9.36. The predicted molar refractivity (Wildman–Crippen MR) is 107 cm³/mol. The number of carbonyl (C=O) groups is 3. The number of anilines is 1. The lowest BCUT2D eigenvalue weighted by atomic mass is 9.96. The Labute approximate surface area is 164 Å². The van der Waals surface area contributed by atoms with Crippen LogP contribution in [0.4, 0.5) is 5.69 Å². The van der Waals surface area contributed by atoms with Crippen LogP contribution in [0.5, 0.6) is 0 Å². The van der Waals surface area contributed by atoms with Crippen LogP contribution in [0, 0.1) is 19.8 Å². The SMILES string of the molecule is Cc1ccc(C(=O)N2CCCC(C(=O)Nc3cc(C(=O)O)ccc3C)C2)cc1. The van der Waals surface area contributed by atoms with Crippen molar-refractivity contribution >= 4 is 23.5 Å². The van der Waals surface area contributed by atoms with Crippen LogP contribution < -0.4 is 5.32 Å². The van der Waals surface area contributed by atoms with Crippen LogP contribution in [0.15, 0.2) is 42.5 Å². The zero-order valence-electron chi connectivity index (χ0n) is 16.1. The highest BCUT2D eigenvalue weighted by Crippen LogP contribution is 2.23. The van der Waals surface area contributed by atoms with Crippen LogP contribution in [0.25, 0.3) is 0 Å². The van der Waals surface area contributed by atoms with Crippen LogP contribution in [-0.4, -0.2) is 40.9 Å². The van der Waals surface area contributed by atoms with E-state index in [-0.39, 0.29) is 23.3 Å². The largest absolute Gasteiger partial charge is 0.478 e. The lowest BCUT2D eigenvalue weighted by molar-refractivity contribution is -0.121. The summed E-state index contributed by atoms with van der Waals surface area (Å²) in [4.78, 5) is 38.4. The summed E-state index contributed by atoms with van der Waals surface area (Å²) >= 11 is 0. The highest BCUT2D eigenvalue weighted by Gasteiger charge is 2.29. The monoisotopic (exact) mass is 380 g/mol. The van der Waals surface area contributed by atoms with Crippen molar-refractivity contribution < 1.29 is 19.5 Å². The van der Waals surface area contributed by atoms with Crippen molar-refractivity contribution in [1.82, 2.24) is 4.90 Å². The van der Waals surface area contributed by atoms with Gasteiger partial charge in [-0.05, 0) is 56.5 Å². The summed E-state index contributed by atoms with van der Waals surface area (Å²) in [5, 5.41) is 12.0. The number of carboxylic acid groups (broad SMARTS) is 1. The first-order valence-corrected chi connectivity index (χ1v) is 9.36. The Balaban J connectivity index is 1.69. The third kappa shape index (κ3) is 4.39. The minimum absolute atomic E-state index is 0.0680. The molecule has 0 aliphatic carbocycles. The molecule has 1 saturated heterocycles. The Hall–Kier alpha value is -3.15. The van der Waals surface area contributed by atoms with E-state index in [4.69, 9.17) is 5.11 Å². The van der Waals surface area contributed by atoms with Crippen LogP contribution in [0.1, 0.15) is 44.7 Å². The van der Waals surface area contributed by atoms with E-state index >= 15 is 0 Å². The van der Waals surface area contributed by atoms with Gasteiger partial charge in [-0.25, -0.2) is 4.79 Å². The van der Waals surface area contributed by atoms with E-state index in [2.05, 4.69) is 5.32 Å². The molecule has 1 aliphatic rings. The molecule has 1 fully saturated rings. The zero-order valence-corrected chi connectivity index (χ0v) is 16.1. The molecule has 0 saturated carbocycles. The lowest BCUT2D eigenvalue weighted by Gasteiger charge is -2.32. The molecule has 0 spiro atoms. The third-order valence-corrected chi connectivity index (χ3v) is 5.12. The van der Waals surface area contributed by atoms with E-state index in [1.165, 1.54) is 12.1 Å². The number of aryl methyl sites for hydroxylation is 2. The number of carbonyl (C=O) groups excluding carboxylic acids is 2. The number of rotatable bonds is 4. The summed E-state index contributed by atoms with van der Waals surface area (Å²) < 4.78 is 0.